The molecule has 29 heavy (non-hydrogen) atoms. The molecule has 1 saturated heterocycles. The Kier molecular flexibility index (Phi) is 7.13. The van der Waals surface area contributed by atoms with Crippen LogP contribution in [0.25, 0.3) is 0 Å². The molecule has 0 aromatic heterocycles. The number of benzene rings is 2. The first-order valence-electron chi connectivity index (χ1n) is 9.29. The van der Waals surface area contributed by atoms with Crippen molar-refractivity contribution in [2.75, 3.05) is 38.2 Å². The normalized spacial score (nSPS) is 15.1. The molecular formula is C20H23ClN2O5S. The van der Waals surface area contributed by atoms with Crippen molar-refractivity contribution in [3.63, 3.8) is 0 Å². The van der Waals surface area contributed by atoms with Crippen molar-refractivity contribution in [2.24, 2.45) is 0 Å². The van der Waals surface area contributed by atoms with Crippen LogP contribution in [-0.4, -0.2) is 51.5 Å². The number of amides is 1. The van der Waals surface area contributed by atoms with Gasteiger partial charge in [0, 0.05) is 23.8 Å². The molecular weight excluding hydrogens is 416 g/mol. The van der Waals surface area contributed by atoms with Gasteiger partial charge in [-0.3, -0.25) is 4.79 Å². The number of carbonyl (C=O) groups excluding carboxylic acids is 1. The quantitative estimate of drug-likeness (QED) is 0.718. The second-order valence-corrected chi connectivity index (χ2v) is 8.84. The molecule has 1 fully saturated rings. The van der Waals surface area contributed by atoms with E-state index < -0.39 is 10.0 Å². The maximum atomic E-state index is 13.0. The highest BCUT2D eigenvalue weighted by Crippen LogP contribution is 2.30. The predicted octanol–water partition coefficient (Wildman–Crippen LogP) is 2.94. The number of halogens is 1. The maximum Gasteiger partial charge on any atom is 0.262 e. The molecule has 1 aliphatic heterocycles. The van der Waals surface area contributed by atoms with Crippen LogP contribution in [0, 0.1) is 0 Å². The number of hydrogen-bond acceptors (Lipinski definition) is 5. The summed E-state index contributed by atoms with van der Waals surface area (Å²) in [7, 11) is -3.82. The highest BCUT2D eigenvalue weighted by atomic mass is 35.5. The zero-order chi connectivity index (χ0) is 20.9. The fraction of sp³-hybridized carbons (Fsp3) is 0.350. The average molecular weight is 439 g/mol. The number of anilines is 1. The van der Waals surface area contributed by atoms with Crippen LogP contribution in [0.3, 0.4) is 0 Å². The largest absolute Gasteiger partial charge is 0.482 e. The summed E-state index contributed by atoms with van der Waals surface area (Å²) in [5, 5.41) is 3.00. The van der Waals surface area contributed by atoms with Crippen LogP contribution in [0.1, 0.15) is 12.5 Å². The summed E-state index contributed by atoms with van der Waals surface area (Å²) in [6.45, 7) is 2.88. The third-order valence-electron chi connectivity index (χ3n) is 4.50. The number of nitrogens with one attached hydrogen (secondary N) is 1. The lowest BCUT2D eigenvalue weighted by atomic mass is 10.1. The molecule has 0 aliphatic carbocycles. The first kappa shape index (κ1) is 21.6. The van der Waals surface area contributed by atoms with Gasteiger partial charge in [-0.2, -0.15) is 4.31 Å². The van der Waals surface area contributed by atoms with E-state index in [1.165, 1.54) is 28.1 Å². The van der Waals surface area contributed by atoms with Crippen LogP contribution in [0.15, 0.2) is 47.4 Å². The van der Waals surface area contributed by atoms with Gasteiger partial charge in [0.1, 0.15) is 10.6 Å². The first-order chi connectivity index (χ1) is 13.9. The lowest BCUT2D eigenvalue weighted by Crippen LogP contribution is -2.40. The van der Waals surface area contributed by atoms with Crippen molar-refractivity contribution in [3.05, 3.63) is 53.1 Å². The van der Waals surface area contributed by atoms with Gasteiger partial charge in [0.15, 0.2) is 6.61 Å². The van der Waals surface area contributed by atoms with Crippen LogP contribution in [0.5, 0.6) is 5.75 Å². The van der Waals surface area contributed by atoms with Crippen molar-refractivity contribution in [2.45, 2.75) is 18.2 Å². The number of sulfonamides is 1. The number of nitrogens with zero attached hydrogens (tertiary/aromatic N) is 1. The molecule has 1 N–H and O–H groups in total. The Labute approximate surface area is 175 Å². The van der Waals surface area contributed by atoms with Gasteiger partial charge in [0.05, 0.1) is 13.2 Å². The van der Waals surface area contributed by atoms with Gasteiger partial charge in [-0.1, -0.05) is 30.7 Å². The van der Waals surface area contributed by atoms with Crippen LogP contribution < -0.4 is 10.1 Å². The molecule has 0 saturated carbocycles. The number of ether oxygens (including phenoxy) is 2. The maximum absolute atomic E-state index is 13.0. The molecule has 9 heteroatoms. The van der Waals surface area contributed by atoms with Crippen LogP contribution >= 0.6 is 11.6 Å². The highest BCUT2D eigenvalue weighted by Gasteiger charge is 2.29. The van der Waals surface area contributed by atoms with Gasteiger partial charge in [0.25, 0.3) is 5.91 Å². The molecule has 0 unspecified atom stereocenters. The molecule has 0 atom stereocenters. The Morgan fingerprint density at radius 1 is 1.17 bits per heavy atom. The van der Waals surface area contributed by atoms with Crippen molar-refractivity contribution in [1.82, 2.24) is 4.31 Å². The minimum absolute atomic E-state index is 0.0630. The van der Waals surface area contributed by atoms with Crippen LogP contribution in [0.4, 0.5) is 5.69 Å². The number of aryl methyl sites for hydroxylation is 1. The van der Waals surface area contributed by atoms with E-state index in [2.05, 4.69) is 12.2 Å². The molecule has 2 aromatic carbocycles. The first-order valence-corrected chi connectivity index (χ1v) is 11.1. The minimum atomic E-state index is -3.82. The number of morpholine rings is 1. The summed E-state index contributed by atoms with van der Waals surface area (Å²) in [4.78, 5) is 12.2. The zero-order valence-electron chi connectivity index (χ0n) is 16.1. The molecule has 0 spiro atoms. The van der Waals surface area contributed by atoms with Crippen molar-refractivity contribution in [1.29, 1.82) is 0 Å². The summed E-state index contributed by atoms with van der Waals surface area (Å²) < 4.78 is 38.1. The standard InChI is InChI=1S/C20H23ClN2O5S/c1-2-15-3-6-17(7-4-15)22-20(24)14-28-18-8-5-16(21)13-19(18)29(25,26)23-9-11-27-12-10-23/h3-8,13H,2,9-12,14H2,1H3,(H,22,24). The zero-order valence-corrected chi connectivity index (χ0v) is 17.6. The number of rotatable bonds is 7. The second kappa shape index (κ2) is 9.58. The molecule has 1 aliphatic rings. The van der Waals surface area contributed by atoms with E-state index >= 15 is 0 Å². The third kappa shape index (κ3) is 5.48. The van der Waals surface area contributed by atoms with Gasteiger partial charge in [0.2, 0.25) is 10.0 Å². The Morgan fingerprint density at radius 2 is 1.86 bits per heavy atom. The predicted molar refractivity (Wildman–Crippen MR) is 111 cm³/mol. The topological polar surface area (TPSA) is 84.9 Å². The van der Waals surface area contributed by atoms with E-state index in [0.29, 0.717) is 18.9 Å². The highest BCUT2D eigenvalue weighted by molar-refractivity contribution is 7.89. The SMILES string of the molecule is CCc1ccc(NC(=O)COc2ccc(Cl)cc2S(=O)(=O)N2CCOCC2)cc1. The van der Waals surface area contributed by atoms with Crippen molar-refractivity contribution < 1.29 is 22.7 Å². The molecule has 1 amide bonds. The Bertz CT molecular complexity index is 957. The van der Waals surface area contributed by atoms with E-state index in [1.54, 1.807) is 0 Å². The van der Waals surface area contributed by atoms with Crippen molar-refractivity contribution >= 4 is 33.2 Å². The summed E-state index contributed by atoms with van der Waals surface area (Å²) in [5.74, 6) is -0.309. The van der Waals surface area contributed by atoms with Crippen molar-refractivity contribution in [3.8, 4) is 5.75 Å². The second-order valence-electron chi connectivity index (χ2n) is 6.49. The molecule has 3 rings (SSSR count). The van der Waals surface area contributed by atoms with Crippen LogP contribution in [-0.2, 0) is 26.0 Å². The fourth-order valence-electron chi connectivity index (χ4n) is 2.89. The van der Waals surface area contributed by atoms with Gasteiger partial charge in [-0.15, -0.1) is 0 Å². The lowest BCUT2D eigenvalue weighted by molar-refractivity contribution is -0.118. The smallest absolute Gasteiger partial charge is 0.262 e. The van der Waals surface area contributed by atoms with Gasteiger partial charge >= 0.3 is 0 Å². The van der Waals surface area contributed by atoms with Gasteiger partial charge < -0.3 is 14.8 Å². The van der Waals surface area contributed by atoms with Gasteiger partial charge in [-0.25, -0.2) is 8.42 Å². The van der Waals surface area contributed by atoms with E-state index in [0.717, 1.165) is 6.42 Å². The van der Waals surface area contributed by atoms with E-state index in [-0.39, 0.29) is 41.3 Å². The Morgan fingerprint density at radius 3 is 2.52 bits per heavy atom. The molecule has 2 aromatic rings. The summed E-state index contributed by atoms with van der Waals surface area (Å²) in [6, 6.07) is 11.8. The summed E-state index contributed by atoms with van der Waals surface area (Å²) in [5.41, 5.74) is 1.81. The Balaban J connectivity index is 1.71. The average Bonchev–Trinajstić information content (AvgIpc) is 2.74. The molecule has 0 bridgehead atoms. The minimum Gasteiger partial charge on any atom is -0.482 e. The Hall–Kier alpha value is -2.13. The molecule has 1 heterocycles. The van der Waals surface area contributed by atoms with E-state index in [9.17, 15) is 13.2 Å². The fourth-order valence-corrected chi connectivity index (χ4v) is 4.69. The molecule has 0 radical (unpaired) electrons. The molecule has 156 valence electrons. The van der Waals surface area contributed by atoms with E-state index in [1.807, 2.05) is 24.3 Å². The molecule has 7 nitrogen and oxygen atoms in total. The van der Waals surface area contributed by atoms with Crippen LogP contribution in [0.2, 0.25) is 5.02 Å². The van der Waals surface area contributed by atoms with Gasteiger partial charge in [-0.05, 0) is 42.3 Å². The monoisotopic (exact) mass is 438 g/mol. The summed E-state index contributed by atoms with van der Waals surface area (Å²) in [6.07, 6.45) is 0.911. The van der Waals surface area contributed by atoms with E-state index in [4.69, 9.17) is 21.1 Å². The lowest BCUT2D eigenvalue weighted by Gasteiger charge is -2.26. The third-order valence-corrected chi connectivity index (χ3v) is 6.65. The number of hydrogen-bond donors (Lipinski definition) is 1. The number of carbonyl (C=O) groups is 1. The summed E-state index contributed by atoms with van der Waals surface area (Å²) >= 11 is 6.01.